The van der Waals surface area contributed by atoms with Crippen LogP contribution in [0.2, 0.25) is 0 Å². The molecule has 3 fully saturated rings. The first kappa shape index (κ1) is 11.9. The highest BCUT2D eigenvalue weighted by Gasteiger charge is 2.41. The molecule has 2 aliphatic heterocycles. The predicted molar refractivity (Wildman–Crippen MR) is 69.1 cm³/mol. The van der Waals surface area contributed by atoms with Crippen molar-refractivity contribution in [2.45, 2.75) is 63.3 Å². The van der Waals surface area contributed by atoms with Gasteiger partial charge >= 0.3 is 0 Å². The molecular weight excluding hydrogens is 212 g/mol. The summed E-state index contributed by atoms with van der Waals surface area (Å²) >= 11 is 0. The number of hydrogen-bond acceptors (Lipinski definition) is 3. The number of ether oxygens (including phenoxy) is 1. The van der Waals surface area contributed by atoms with Crippen LogP contribution in [0.5, 0.6) is 0 Å². The molecule has 0 amide bonds. The molecule has 0 aromatic heterocycles. The van der Waals surface area contributed by atoms with E-state index in [9.17, 15) is 0 Å². The minimum atomic E-state index is 0.532. The quantitative estimate of drug-likeness (QED) is 0.809. The van der Waals surface area contributed by atoms with E-state index in [4.69, 9.17) is 4.74 Å². The van der Waals surface area contributed by atoms with E-state index in [2.05, 4.69) is 24.2 Å². The van der Waals surface area contributed by atoms with Crippen LogP contribution in [0, 0.1) is 5.92 Å². The van der Waals surface area contributed by atoms with Crippen molar-refractivity contribution < 1.29 is 4.74 Å². The van der Waals surface area contributed by atoms with E-state index in [1.54, 1.807) is 0 Å². The highest BCUT2D eigenvalue weighted by Crippen LogP contribution is 2.39. The van der Waals surface area contributed by atoms with Crippen molar-refractivity contribution in [2.24, 2.45) is 5.92 Å². The van der Waals surface area contributed by atoms with Gasteiger partial charge in [0.15, 0.2) is 0 Å². The second-order valence-corrected chi connectivity index (χ2v) is 6.29. The Kier molecular flexibility index (Phi) is 3.42. The molecule has 3 heteroatoms. The lowest BCUT2D eigenvalue weighted by molar-refractivity contribution is 0.0737. The maximum Gasteiger partial charge on any atom is 0.0757 e. The van der Waals surface area contributed by atoms with E-state index in [1.807, 2.05) is 0 Å². The third kappa shape index (κ3) is 2.67. The molecule has 0 radical (unpaired) electrons. The van der Waals surface area contributed by atoms with Gasteiger partial charge in [-0.1, -0.05) is 0 Å². The summed E-state index contributed by atoms with van der Waals surface area (Å²) in [6, 6.07) is 2.08. The summed E-state index contributed by atoms with van der Waals surface area (Å²) in [4.78, 5) is 2.47. The van der Waals surface area contributed by atoms with E-state index in [0.717, 1.165) is 18.6 Å². The molecule has 2 saturated heterocycles. The smallest absolute Gasteiger partial charge is 0.0757 e. The SMILES string of the molecule is CC1CC(NC2CCOC2C2CC2)CCN1C. The molecule has 98 valence electrons. The number of nitrogens with zero attached hydrogens (tertiary/aromatic N) is 1. The zero-order chi connectivity index (χ0) is 11.8. The van der Waals surface area contributed by atoms with Gasteiger partial charge in [0.1, 0.15) is 0 Å². The monoisotopic (exact) mass is 238 g/mol. The fourth-order valence-corrected chi connectivity index (χ4v) is 3.42. The first-order valence-electron chi connectivity index (χ1n) is 7.32. The molecule has 3 rings (SSSR count). The van der Waals surface area contributed by atoms with Gasteiger partial charge in [0.05, 0.1) is 6.10 Å². The van der Waals surface area contributed by atoms with E-state index in [0.29, 0.717) is 18.2 Å². The van der Waals surface area contributed by atoms with Crippen LogP contribution in [0.4, 0.5) is 0 Å². The third-order valence-corrected chi connectivity index (χ3v) is 4.88. The summed E-state index contributed by atoms with van der Waals surface area (Å²) in [5, 5.41) is 3.89. The standard InChI is InChI=1S/C14H26N2O/c1-10-9-12(5-7-16(10)2)15-13-6-8-17-14(13)11-3-4-11/h10-15H,3-9H2,1-2H3. The lowest BCUT2D eigenvalue weighted by atomic mass is 9.96. The number of hydrogen-bond donors (Lipinski definition) is 1. The average molecular weight is 238 g/mol. The Morgan fingerprint density at radius 2 is 2.00 bits per heavy atom. The summed E-state index contributed by atoms with van der Waals surface area (Å²) in [7, 11) is 2.24. The number of likely N-dealkylation sites (tertiary alicyclic amines) is 1. The molecule has 0 spiro atoms. The molecule has 0 aromatic rings. The molecule has 4 atom stereocenters. The summed E-state index contributed by atoms with van der Waals surface area (Å²) in [5.74, 6) is 0.874. The third-order valence-electron chi connectivity index (χ3n) is 4.88. The highest BCUT2D eigenvalue weighted by atomic mass is 16.5. The summed E-state index contributed by atoms with van der Waals surface area (Å²) in [5.41, 5.74) is 0. The maximum absolute atomic E-state index is 5.91. The van der Waals surface area contributed by atoms with Crippen LogP contribution in [0.1, 0.15) is 39.0 Å². The maximum atomic E-state index is 5.91. The van der Waals surface area contributed by atoms with Gasteiger partial charge in [-0.05, 0) is 58.5 Å². The van der Waals surface area contributed by atoms with E-state index in [-0.39, 0.29) is 0 Å². The van der Waals surface area contributed by atoms with Crippen molar-refractivity contribution in [2.75, 3.05) is 20.2 Å². The van der Waals surface area contributed by atoms with Crippen molar-refractivity contribution >= 4 is 0 Å². The number of nitrogens with one attached hydrogen (secondary N) is 1. The normalized spacial score (nSPS) is 44.1. The Hall–Kier alpha value is -0.120. The average Bonchev–Trinajstić information content (AvgIpc) is 3.05. The molecule has 4 unspecified atom stereocenters. The zero-order valence-electron chi connectivity index (χ0n) is 11.2. The zero-order valence-corrected chi connectivity index (χ0v) is 11.2. The Bertz CT molecular complexity index is 267. The van der Waals surface area contributed by atoms with Gasteiger partial charge in [0.2, 0.25) is 0 Å². The largest absolute Gasteiger partial charge is 0.376 e. The minimum absolute atomic E-state index is 0.532. The van der Waals surface area contributed by atoms with Gasteiger partial charge in [0.25, 0.3) is 0 Å². The van der Waals surface area contributed by atoms with Crippen molar-refractivity contribution in [3.8, 4) is 0 Å². The summed E-state index contributed by atoms with van der Waals surface area (Å²) in [6.07, 6.45) is 7.14. The van der Waals surface area contributed by atoms with Crippen LogP contribution in [0.25, 0.3) is 0 Å². The lowest BCUT2D eigenvalue weighted by Gasteiger charge is -2.37. The molecule has 2 heterocycles. The Balaban J connectivity index is 1.52. The number of piperidine rings is 1. The molecule has 1 N–H and O–H groups in total. The predicted octanol–water partition coefficient (Wildman–Crippen LogP) is 1.63. The van der Waals surface area contributed by atoms with Gasteiger partial charge in [0, 0.05) is 24.7 Å². The lowest BCUT2D eigenvalue weighted by Crippen LogP contribution is -2.50. The van der Waals surface area contributed by atoms with Gasteiger partial charge in [-0.25, -0.2) is 0 Å². The minimum Gasteiger partial charge on any atom is -0.376 e. The van der Waals surface area contributed by atoms with Crippen LogP contribution in [0.15, 0.2) is 0 Å². The molecule has 3 nitrogen and oxygen atoms in total. The second kappa shape index (κ2) is 4.87. The van der Waals surface area contributed by atoms with Crippen LogP contribution in [-0.2, 0) is 4.74 Å². The molecular formula is C14H26N2O. The first-order valence-corrected chi connectivity index (χ1v) is 7.32. The summed E-state index contributed by atoms with van der Waals surface area (Å²) in [6.45, 7) is 4.55. The van der Waals surface area contributed by atoms with E-state index >= 15 is 0 Å². The Morgan fingerprint density at radius 1 is 1.18 bits per heavy atom. The Labute approximate surface area is 105 Å². The first-order chi connectivity index (χ1) is 8.24. The van der Waals surface area contributed by atoms with Crippen molar-refractivity contribution in [3.63, 3.8) is 0 Å². The highest BCUT2D eigenvalue weighted by molar-refractivity contribution is 4.95. The fraction of sp³-hybridized carbons (Fsp3) is 1.00. The van der Waals surface area contributed by atoms with Crippen molar-refractivity contribution in [1.82, 2.24) is 10.2 Å². The van der Waals surface area contributed by atoms with Crippen molar-refractivity contribution in [1.29, 1.82) is 0 Å². The molecule has 1 saturated carbocycles. The molecule has 0 bridgehead atoms. The second-order valence-electron chi connectivity index (χ2n) is 6.29. The summed E-state index contributed by atoms with van der Waals surface area (Å²) < 4.78 is 5.91. The van der Waals surface area contributed by atoms with Crippen LogP contribution >= 0.6 is 0 Å². The molecule has 1 aliphatic carbocycles. The van der Waals surface area contributed by atoms with Crippen LogP contribution < -0.4 is 5.32 Å². The van der Waals surface area contributed by atoms with Crippen LogP contribution in [-0.4, -0.2) is 49.3 Å². The Morgan fingerprint density at radius 3 is 2.71 bits per heavy atom. The van der Waals surface area contributed by atoms with Gasteiger partial charge in [-0.15, -0.1) is 0 Å². The van der Waals surface area contributed by atoms with E-state index in [1.165, 1.54) is 38.6 Å². The fourth-order valence-electron chi connectivity index (χ4n) is 3.42. The van der Waals surface area contributed by atoms with Crippen molar-refractivity contribution in [3.05, 3.63) is 0 Å². The number of rotatable bonds is 3. The van der Waals surface area contributed by atoms with Gasteiger partial charge in [-0.2, -0.15) is 0 Å². The topological polar surface area (TPSA) is 24.5 Å². The van der Waals surface area contributed by atoms with Crippen LogP contribution in [0.3, 0.4) is 0 Å². The van der Waals surface area contributed by atoms with E-state index < -0.39 is 0 Å². The van der Waals surface area contributed by atoms with Gasteiger partial charge in [-0.3, -0.25) is 0 Å². The molecule has 3 aliphatic rings. The molecule has 0 aromatic carbocycles. The van der Waals surface area contributed by atoms with Gasteiger partial charge < -0.3 is 15.0 Å². The molecule has 17 heavy (non-hydrogen) atoms.